The number of hydrogen-bond acceptors (Lipinski definition) is 1. The summed E-state index contributed by atoms with van der Waals surface area (Å²) < 4.78 is 0. The van der Waals surface area contributed by atoms with Gasteiger partial charge in [0.2, 0.25) is 0 Å². The van der Waals surface area contributed by atoms with Crippen molar-refractivity contribution in [2.24, 2.45) is 23.5 Å². The van der Waals surface area contributed by atoms with Crippen LogP contribution in [0.25, 0.3) is 0 Å². The van der Waals surface area contributed by atoms with Crippen molar-refractivity contribution in [3.8, 4) is 0 Å². The summed E-state index contributed by atoms with van der Waals surface area (Å²) >= 11 is 0. The van der Waals surface area contributed by atoms with Gasteiger partial charge in [-0.25, -0.2) is 0 Å². The quantitative estimate of drug-likeness (QED) is 0.687. The van der Waals surface area contributed by atoms with Crippen LogP contribution in [-0.2, 0) is 0 Å². The minimum atomic E-state index is 0.899. The Morgan fingerprint density at radius 1 is 1.00 bits per heavy atom. The predicted octanol–water partition coefficient (Wildman–Crippen LogP) is 2.55. The molecule has 2 aliphatic rings. The average molecular weight is 167 g/mol. The van der Waals surface area contributed by atoms with Gasteiger partial charge in [-0.15, -0.1) is 0 Å². The molecular formula is C11H21N. The molecule has 1 nitrogen and oxygen atoms in total. The molecule has 1 heteroatoms. The van der Waals surface area contributed by atoms with Crippen molar-refractivity contribution < 1.29 is 0 Å². The van der Waals surface area contributed by atoms with Crippen LogP contribution in [0.4, 0.5) is 0 Å². The molecule has 2 aliphatic carbocycles. The molecule has 12 heavy (non-hydrogen) atoms. The van der Waals surface area contributed by atoms with Crippen LogP contribution in [0.1, 0.15) is 44.9 Å². The van der Waals surface area contributed by atoms with Crippen LogP contribution in [0.3, 0.4) is 0 Å². The molecule has 0 aromatic heterocycles. The molecule has 2 fully saturated rings. The third kappa shape index (κ3) is 1.66. The Morgan fingerprint density at radius 2 is 1.67 bits per heavy atom. The fourth-order valence-electron chi connectivity index (χ4n) is 3.10. The summed E-state index contributed by atoms with van der Waals surface area (Å²) in [6, 6.07) is 0. The normalized spacial score (nSPS) is 40.2. The Kier molecular flexibility index (Phi) is 2.69. The lowest BCUT2D eigenvalue weighted by molar-refractivity contribution is 0.532. The number of rotatable bonds is 3. The zero-order valence-electron chi connectivity index (χ0n) is 7.97. The van der Waals surface area contributed by atoms with Crippen LogP contribution < -0.4 is 5.73 Å². The molecule has 0 bridgehead atoms. The Bertz CT molecular complexity index is 132. The van der Waals surface area contributed by atoms with Crippen molar-refractivity contribution >= 4 is 0 Å². The second-order valence-corrected chi connectivity index (χ2v) is 4.56. The van der Waals surface area contributed by atoms with Gasteiger partial charge in [0, 0.05) is 0 Å². The zero-order valence-corrected chi connectivity index (χ0v) is 7.97. The molecule has 2 saturated carbocycles. The van der Waals surface area contributed by atoms with Gasteiger partial charge in [-0.1, -0.05) is 19.3 Å². The van der Waals surface area contributed by atoms with Crippen LogP contribution in [0.15, 0.2) is 0 Å². The van der Waals surface area contributed by atoms with Crippen molar-refractivity contribution in [1.82, 2.24) is 0 Å². The smallest absolute Gasteiger partial charge is 0.00772 e. The molecule has 3 atom stereocenters. The van der Waals surface area contributed by atoms with E-state index in [1.165, 1.54) is 44.9 Å². The molecule has 1 unspecified atom stereocenters. The Balaban J connectivity index is 1.74. The topological polar surface area (TPSA) is 26.0 Å². The van der Waals surface area contributed by atoms with E-state index in [1.807, 2.05) is 0 Å². The monoisotopic (exact) mass is 167 g/mol. The first-order valence-corrected chi connectivity index (χ1v) is 5.63. The second-order valence-electron chi connectivity index (χ2n) is 4.56. The highest BCUT2D eigenvalue weighted by molar-refractivity contribution is 4.97. The van der Waals surface area contributed by atoms with Crippen molar-refractivity contribution in [3.63, 3.8) is 0 Å². The molecule has 0 amide bonds. The Hall–Kier alpha value is -0.0400. The van der Waals surface area contributed by atoms with E-state index in [4.69, 9.17) is 5.73 Å². The van der Waals surface area contributed by atoms with E-state index >= 15 is 0 Å². The lowest BCUT2D eigenvalue weighted by Gasteiger charge is -2.00. The molecule has 2 N–H and O–H groups in total. The molecule has 0 spiro atoms. The third-order valence-electron chi connectivity index (χ3n) is 3.83. The second kappa shape index (κ2) is 3.78. The lowest BCUT2D eigenvalue weighted by atomic mass is 10.1. The van der Waals surface area contributed by atoms with Crippen LogP contribution in [0, 0.1) is 17.8 Å². The maximum Gasteiger partial charge on any atom is -0.00772 e. The highest BCUT2D eigenvalue weighted by Gasteiger charge is 2.48. The third-order valence-corrected chi connectivity index (χ3v) is 3.83. The summed E-state index contributed by atoms with van der Waals surface area (Å²) in [5, 5.41) is 0. The largest absolute Gasteiger partial charge is 0.330 e. The fraction of sp³-hybridized carbons (Fsp3) is 1.00. The van der Waals surface area contributed by atoms with Gasteiger partial charge in [0.25, 0.3) is 0 Å². The highest BCUT2D eigenvalue weighted by Crippen LogP contribution is 2.56. The molecule has 0 radical (unpaired) electrons. The van der Waals surface area contributed by atoms with Gasteiger partial charge < -0.3 is 5.73 Å². The molecule has 2 rings (SSSR count). The standard InChI is InChI=1S/C11H21N/c12-8-4-7-11-9-5-2-1-3-6-10(9)11/h9-11H,1-8,12H2/t9-,10+,11?. The van der Waals surface area contributed by atoms with E-state index in [2.05, 4.69) is 0 Å². The number of nitrogens with two attached hydrogens (primary N) is 1. The first-order valence-electron chi connectivity index (χ1n) is 5.63. The first kappa shape index (κ1) is 8.55. The van der Waals surface area contributed by atoms with Crippen LogP contribution in [0.5, 0.6) is 0 Å². The maximum atomic E-state index is 5.52. The summed E-state index contributed by atoms with van der Waals surface area (Å²) in [7, 11) is 0. The van der Waals surface area contributed by atoms with E-state index in [1.54, 1.807) is 0 Å². The van der Waals surface area contributed by atoms with E-state index in [9.17, 15) is 0 Å². The van der Waals surface area contributed by atoms with Gasteiger partial charge in [0.1, 0.15) is 0 Å². The molecule has 0 aromatic rings. The van der Waals surface area contributed by atoms with Gasteiger partial charge in [-0.05, 0) is 50.0 Å². The fourth-order valence-corrected chi connectivity index (χ4v) is 3.10. The zero-order chi connectivity index (χ0) is 8.39. The molecule has 0 saturated heterocycles. The predicted molar refractivity (Wildman–Crippen MR) is 51.8 cm³/mol. The minimum absolute atomic E-state index is 0.899. The van der Waals surface area contributed by atoms with Crippen molar-refractivity contribution in [2.75, 3.05) is 6.54 Å². The molecule has 0 aliphatic heterocycles. The van der Waals surface area contributed by atoms with Crippen molar-refractivity contribution in [1.29, 1.82) is 0 Å². The molecule has 0 aromatic carbocycles. The SMILES string of the molecule is NCCCC1[C@H]2CCCCC[C@@H]12. The van der Waals surface area contributed by atoms with E-state index < -0.39 is 0 Å². The first-order chi connectivity index (χ1) is 5.93. The summed E-state index contributed by atoms with van der Waals surface area (Å²) in [6.45, 7) is 0.899. The summed E-state index contributed by atoms with van der Waals surface area (Å²) in [5.41, 5.74) is 5.52. The van der Waals surface area contributed by atoms with Crippen molar-refractivity contribution in [3.05, 3.63) is 0 Å². The molecule has 70 valence electrons. The number of fused-ring (bicyclic) bond motifs is 1. The van der Waals surface area contributed by atoms with Crippen LogP contribution in [0.2, 0.25) is 0 Å². The lowest BCUT2D eigenvalue weighted by Crippen LogP contribution is -1.99. The van der Waals surface area contributed by atoms with Crippen molar-refractivity contribution in [2.45, 2.75) is 44.9 Å². The van der Waals surface area contributed by atoms with Gasteiger partial charge in [0.15, 0.2) is 0 Å². The van der Waals surface area contributed by atoms with Gasteiger partial charge in [-0.2, -0.15) is 0 Å². The minimum Gasteiger partial charge on any atom is -0.330 e. The highest BCUT2D eigenvalue weighted by atomic mass is 14.6. The maximum absolute atomic E-state index is 5.52. The number of hydrogen-bond donors (Lipinski definition) is 1. The van der Waals surface area contributed by atoms with Gasteiger partial charge >= 0.3 is 0 Å². The molecule has 0 heterocycles. The van der Waals surface area contributed by atoms with Gasteiger partial charge in [0.05, 0.1) is 0 Å². The summed E-state index contributed by atoms with van der Waals surface area (Å²) in [4.78, 5) is 0. The van der Waals surface area contributed by atoms with Gasteiger partial charge in [-0.3, -0.25) is 0 Å². The molecular weight excluding hydrogens is 146 g/mol. The van der Waals surface area contributed by atoms with E-state index in [0.717, 1.165) is 24.3 Å². The Labute approximate surface area is 75.7 Å². The summed E-state index contributed by atoms with van der Waals surface area (Å²) in [6.07, 6.45) is 10.2. The van der Waals surface area contributed by atoms with Crippen LogP contribution >= 0.6 is 0 Å². The van der Waals surface area contributed by atoms with E-state index in [0.29, 0.717) is 0 Å². The van der Waals surface area contributed by atoms with Crippen LogP contribution in [-0.4, -0.2) is 6.54 Å². The Morgan fingerprint density at radius 3 is 2.25 bits per heavy atom. The summed E-state index contributed by atoms with van der Waals surface area (Å²) in [5.74, 6) is 3.34. The average Bonchev–Trinajstić information content (AvgIpc) is 2.75. The van der Waals surface area contributed by atoms with E-state index in [-0.39, 0.29) is 0 Å².